The van der Waals surface area contributed by atoms with E-state index >= 15 is 0 Å². The zero-order chi connectivity index (χ0) is 20.7. The number of benzene rings is 2. The van der Waals surface area contributed by atoms with Crippen LogP contribution >= 0.6 is 0 Å². The maximum atomic E-state index is 12.1. The van der Waals surface area contributed by atoms with Crippen molar-refractivity contribution in [1.29, 1.82) is 0 Å². The molecule has 0 spiro atoms. The number of aryl methyl sites for hydroxylation is 3. The molecule has 148 valence electrons. The zero-order valence-electron chi connectivity index (χ0n) is 16.8. The van der Waals surface area contributed by atoms with Crippen LogP contribution in [0.15, 0.2) is 36.4 Å². The minimum absolute atomic E-state index is 0.359. The molecule has 0 aliphatic carbocycles. The fourth-order valence-corrected chi connectivity index (χ4v) is 2.86. The molecule has 6 nitrogen and oxygen atoms in total. The average molecular weight is 383 g/mol. The Balaban J connectivity index is 1.92. The van der Waals surface area contributed by atoms with Crippen LogP contribution in [0.1, 0.15) is 22.3 Å². The molecule has 0 unspecified atom stereocenters. The first kappa shape index (κ1) is 21.0. The number of ether oxygens (including phenoxy) is 3. The molecule has 1 amide bonds. The van der Waals surface area contributed by atoms with Crippen LogP contribution in [0, 0.1) is 20.8 Å². The molecule has 0 saturated heterocycles. The summed E-state index contributed by atoms with van der Waals surface area (Å²) >= 11 is 0. The predicted octanol–water partition coefficient (Wildman–Crippen LogP) is 3.82. The lowest BCUT2D eigenvalue weighted by Gasteiger charge is -2.12. The van der Waals surface area contributed by atoms with Crippen LogP contribution < -0.4 is 14.8 Å². The van der Waals surface area contributed by atoms with E-state index in [2.05, 4.69) is 5.32 Å². The van der Waals surface area contributed by atoms with E-state index < -0.39 is 5.97 Å². The van der Waals surface area contributed by atoms with Crippen molar-refractivity contribution in [2.45, 2.75) is 20.8 Å². The van der Waals surface area contributed by atoms with Crippen molar-refractivity contribution in [3.05, 3.63) is 58.7 Å². The number of carbonyl (C=O) groups is 2. The minimum atomic E-state index is -0.609. The molecule has 2 aromatic rings. The second-order valence-corrected chi connectivity index (χ2v) is 6.38. The summed E-state index contributed by atoms with van der Waals surface area (Å²) in [5.74, 6) is 0.159. The largest absolute Gasteiger partial charge is 0.493 e. The van der Waals surface area contributed by atoms with Crippen LogP contribution in [0.2, 0.25) is 0 Å². The number of esters is 1. The number of rotatable bonds is 7. The van der Waals surface area contributed by atoms with Gasteiger partial charge < -0.3 is 19.5 Å². The van der Waals surface area contributed by atoms with Gasteiger partial charge >= 0.3 is 5.97 Å². The highest BCUT2D eigenvalue weighted by molar-refractivity contribution is 5.95. The monoisotopic (exact) mass is 383 g/mol. The van der Waals surface area contributed by atoms with Crippen molar-refractivity contribution < 1.29 is 23.8 Å². The molecule has 0 atom stereocenters. The third kappa shape index (κ3) is 5.61. The first-order valence-electron chi connectivity index (χ1n) is 8.78. The fraction of sp³-hybridized carbons (Fsp3) is 0.273. The molecule has 0 bridgehead atoms. The van der Waals surface area contributed by atoms with Gasteiger partial charge in [0.1, 0.15) is 0 Å². The highest BCUT2D eigenvalue weighted by atomic mass is 16.5. The number of anilines is 1. The van der Waals surface area contributed by atoms with Gasteiger partial charge in [0.15, 0.2) is 18.1 Å². The van der Waals surface area contributed by atoms with E-state index in [0.717, 1.165) is 27.9 Å². The van der Waals surface area contributed by atoms with E-state index in [1.165, 1.54) is 13.2 Å². The van der Waals surface area contributed by atoms with Crippen molar-refractivity contribution in [2.24, 2.45) is 0 Å². The van der Waals surface area contributed by atoms with Gasteiger partial charge in [-0.3, -0.25) is 4.79 Å². The average Bonchev–Trinajstić information content (AvgIpc) is 2.67. The van der Waals surface area contributed by atoms with Crippen molar-refractivity contribution in [2.75, 3.05) is 26.1 Å². The molecule has 2 aromatic carbocycles. The Bertz CT molecular complexity index is 879. The fourth-order valence-electron chi connectivity index (χ4n) is 2.86. The van der Waals surface area contributed by atoms with Crippen LogP contribution in [0.3, 0.4) is 0 Å². The van der Waals surface area contributed by atoms with Gasteiger partial charge in [-0.05, 0) is 55.7 Å². The SMILES string of the molecule is COc1ccc(/C=C/C(=O)OCC(=O)Nc2c(C)cc(C)cc2C)cc1OC. The summed E-state index contributed by atoms with van der Waals surface area (Å²) < 4.78 is 15.4. The summed E-state index contributed by atoms with van der Waals surface area (Å²) in [5.41, 5.74) is 4.54. The van der Waals surface area contributed by atoms with Gasteiger partial charge in [-0.15, -0.1) is 0 Å². The maximum Gasteiger partial charge on any atom is 0.331 e. The zero-order valence-corrected chi connectivity index (χ0v) is 16.8. The third-order valence-electron chi connectivity index (χ3n) is 4.11. The molecule has 0 aliphatic heterocycles. The molecule has 28 heavy (non-hydrogen) atoms. The minimum Gasteiger partial charge on any atom is -0.493 e. The second kappa shape index (κ2) is 9.60. The number of methoxy groups -OCH3 is 2. The predicted molar refractivity (Wildman–Crippen MR) is 109 cm³/mol. The van der Waals surface area contributed by atoms with Crippen molar-refractivity contribution in [3.8, 4) is 11.5 Å². The molecule has 2 rings (SSSR count). The van der Waals surface area contributed by atoms with Gasteiger partial charge in [-0.1, -0.05) is 23.8 Å². The summed E-state index contributed by atoms with van der Waals surface area (Å²) in [6, 6.07) is 9.23. The number of hydrogen-bond acceptors (Lipinski definition) is 5. The molecule has 0 aliphatic rings. The van der Waals surface area contributed by atoms with E-state index in [1.807, 2.05) is 32.9 Å². The molecule has 0 aromatic heterocycles. The van der Waals surface area contributed by atoms with Crippen LogP contribution in [0.4, 0.5) is 5.69 Å². The number of amides is 1. The van der Waals surface area contributed by atoms with Crippen LogP contribution in [-0.2, 0) is 14.3 Å². The lowest BCUT2D eigenvalue weighted by molar-refractivity contribution is -0.142. The molecule has 0 heterocycles. The Kier molecular flexibility index (Phi) is 7.21. The van der Waals surface area contributed by atoms with E-state index in [-0.39, 0.29) is 12.5 Å². The van der Waals surface area contributed by atoms with Crippen LogP contribution in [0.25, 0.3) is 6.08 Å². The summed E-state index contributed by atoms with van der Waals surface area (Å²) in [6.07, 6.45) is 2.84. The highest BCUT2D eigenvalue weighted by Gasteiger charge is 2.10. The number of hydrogen-bond donors (Lipinski definition) is 1. The Morgan fingerprint density at radius 2 is 1.61 bits per heavy atom. The standard InChI is InChI=1S/C22H25NO5/c1-14-10-15(2)22(16(3)11-14)23-20(24)13-28-21(25)9-7-17-6-8-18(26-4)19(12-17)27-5/h6-12H,13H2,1-5H3,(H,23,24)/b9-7+. The van der Waals surface area contributed by atoms with Gasteiger partial charge in [-0.25, -0.2) is 4.79 Å². The summed E-state index contributed by atoms with van der Waals surface area (Å²) in [7, 11) is 3.09. The lowest BCUT2D eigenvalue weighted by Crippen LogP contribution is -2.21. The molecule has 0 radical (unpaired) electrons. The normalized spacial score (nSPS) is 10.6. The first-order valence-corrected chi connectivity index (χ1v) is 8.78. The molecule has 1 N–H and O–H groups in total. The molecule has 6 heteroatoms. The molecule has 0 saturated carbocycles. The van der Waals surface area contributed by atoms with Crippen LogP contribution in [-0.4, -0.2) is 32.7 Å². The van der Waals surface area contributed by atoms with E-state index in [1.54, 1.807) is 31.4 Å². The highest BCUT2D eigenvalue weighted by Crippen LogP contribution is 2.28. The maximum absolute atomic E-state index is 12.1. The van der Waals surface area contributed by atoms with Gasteiger partial charge in [0.2, 0.25) is 0 Å². The Morgan fingerprint density at radius 3 is 2.21 bits per heavy atom. The van der Waals surface area contributed by atoms with Gasteiger partial charge in [0.25, 0.3) is 5.91 Å². The Hall–Kier alpha value is -3.28. The number of nitrogens with one attached hydrogen (secondary N) is 1. The molecule has 0 fully saturated rings. The quantitative estimate of drug-likeness (QED) is 0.581. The number of carbonyl (C=O) groups excluding carboxylic acids is 2. The van der Waals surface area contributed by atoms with E-state index in [9.17, 15) is 9.59 Å². The smallest absolute Gasteiger partial charge is 0.331 e. The van der Waals surface area contributed by atoms with Crippen LogP contribution in [0.5, 0.6) is 11.5 Å². The molecular formula is C22H25NO5. The summed E-state index contributed by atoms with van der Waals surface area (Å²) in [4.78, 5) is 24.0. The Labute approximate surface area is 165 Å². The van der Waals surface area contributed by atoms with Crippen molar-refractivity contribution >= 4 is 23.6 Å². The topological polar surface area (TPSA) is 73.9 Å². The van der Waals surface area contributed by atoms with Crippen molar-refractivity contribution in [3.63, 3.8) is 0 Å². The Morgan fingerprint density at radius 1 is 0.964 bits per heavy atom. The summed E-state index contributed by atoms with van der Waals surface area (Å²) in [6.45, 7) is 5.49. The first-order chi connectivity index (χ1) is 13.3. The van der Waals surface area contributed by atoms with Gasteiger partial charge in [0.05, 0.1) is 14.2 Å². The van der Waals surface area contributed by atoms with E-state index in [4.69, 9.17) is 14.2 Å². The van der Waals surface area contributed by atoms with Gasteiger partial charge in [-0.2, -0.15) is 0 Å². The van der Waals surface area contributed by atoms with Gasteiger partial charge in [0, 0.05) is 11.8 Å². The second-order valence-electron chi connectivity index (χ2n) is 6.38. The lowest BCUT2D eigenvalue weighted by atomic mass is 10.1. The van der Waals surface area contributed by atoms with Crippen molar-refractivity contribution in [1.82, 2.24) is 0 Å². The molecular weight excluding hydrogens is 358 g/mol. The third-order valence-corrected chi connectivity index (χ3v) is 4.11. The van der Waals surface area contributed by atoms with E-state index in [0.29, 0.717) is 11.5 Å². The summed E-state index contributed by atoms with van der Waals surface area (Å²) in [5, 5.41) is 2.79.